The van der Waals surface area contributed by atoms with Crippen LogP contribution in [0.4, 0.5) is 4.39 Å². The maximum Gasteiger partial charge on any atom is 0.127 e. The van der Waals surface area contributed by atoms with Crippen LogP contribution in [0.5, 0.6) is 0 Å². The van der Waals surface area contributed by atoms with E-state index in [4.69, 9.17) is 4.74 Å². The molecule has 1 aromatic rings. The summed E-state index contributed by atoms with van der Waals surface area (Å²) in [5, 5.41) is 10.2. The predicted octanol–water partition coefficient (Wildman–Crippen LogP) is 2.21. The Morgan fingerprint density at radius 2 is 2.37 bits per heavy atom. The van der Waals surface area contributed by atoms with E-state index in [0.717, 1.165) is 13.1 Å². The molecule has 0 saturated carbocycles. The predicted molar refractivity (Wildman–Crippen MR) is 75.7 cm³/mol. The second-order valence-corrected chi connectivity index (χ2v) is 5.73. The fourth-order valence-corrected chi connectivity index (χ4v) is 2.63. The molecule has 1 saturated heterocycles. The van der Waals surface area contributed by atoms with Gasteiger partial charge in [-0.3, -0.25) is 4.90 Å². The molecule has 19 heavy (non-hydrogen) atoms. The van der Waals surface area contributed by atoms with Crippen molar-refractivity contribution >= 4 is 15.9 Å². The highest BCUT2D eigenvalue weighted by molar-refractivity contribution is 9.10. The second kappa shape index (κ2) is 6.79. The first kappa shape index (κ1) is 14.9. The monoisotopic (exact) mass is 331 g/mol. The summed E-state index contributed by atoms with van der Waals surface area (Å²) in [6, 6.07) is 4.90. The van der Waals surface area contributed by atoms with Crippen LogP contribution in [0.25, 0.3) is 0 Å². The molecule has 0 bridgehead atoms. The zero-order valence-electron chi connectivity index (χ0n) is 11.0. The van der Waals surface area contributed by atoms with Gasteiger partial charge >= 0.3 is 0 Å². The Balaban J connectivity index is 1.98. The molecule has 1 aromatic carbocycles. The van der Waals surface area contributed by atoms with Crippen molar-refractivity contribution in [2.45, 2.75) is 25.6 Å². The van der Waals surface area contributed by atoms with E-state index in [0.29, 0.717) is 23.2 Å². The van der Waals surface area contributed by atoms with Gasteiger partial charge in [0.2, 0.25) is 0 Å². The molecule has 106 valence electrons. The van der Waals surface area contributed by atoms with Crippen LogP contribution in [0, 0.1) is 5.82 Å². The number of halogens is 2. The number of nitrogens with zero attached hydrogens (tertiary/aromatic N) is 1. The number of benzene rings is 1. The number of hydrogen-bond acceptors (Lipinski definition) is 3. The molecular formula is C14H19BrFNO2. The zero-order valence-corrected chi connectivity index (χ0v) is 12.6. The van der Waals surface area contributed by atoms with Crippen LogP contribution in [-0.2, 0) is 11.2 Å². The molecule has 0 spiro atoms. The van der Waals surface area contributed by atoms with Gasteiger partial charge in [-0.15, -0.1) is 0 Å². The third kappa shape index (κ3) is 3.99. The second-order valence-electron chi connectivity index (χ2n) is 4.81. The van der Waals surface area contributed by atoms with E-state index in [-0.39, 0.29) is 18.3 Å². The quantitative estimate of drug-likeness (QED) is 0.918. The highest BCUT2D eigenvalue weighted by Crippen LogP contribution is 2.19. The minimum atomic E-state index is -0.676. The summed E-state index contributed by atoms with van der Waals surface area (Å²) < 4.78 is 20.0. The van der Waals surface area contributed by atoms with Crippen LogP contribution in [0.3, 0.4) is 0 Å². The smallest absolute Gasteiger partial charge is 0.127 e. The lowest BCUT2D eigenvalue weighted by Crippen LogP contribution is -2.48. The standard InChI is InChI=1S/C14H19BrFNO2/c1-2-17-5-6-19-14(9-17)13(18)7-10-3-4-11(15)8-12(10)16/h3-4,8,13-14,18H,2,5-7,9H2,1H3. The van der Waals surface area contributed by atoms with E-state index in [9.17, 15) is 9.50 Å². The lowest BCUT2D eigenvalue weighted by Gasteiger charge is -2.34. The first-order valence-electron chi connectivity index (χ1n) is 6.56. The molecule has 2 unspecified atom stereocenters. The first-order valence-corrected chi connectivity index (χ1v) is 7.35. The number of ether oxygens (including phenoxy) is 1. The van der Waals surface area contributed by atoms with Crippen molar-refractivity contribution < 1.29 is 14.2 Å². The van der Waals surface area contributed by atoms with E-state index >= 15 is 0 Å². The van der Waals surface area contributed by atoms with E-state index in [1.807, 2.05) is 0 Å². The fourth-order valence-electron chi connectivity index (χ4n) is 2.30. The molecule has 0 aliphatic carbocycles. The van der Waals surface area contributed by atoms with Crippen molar-refractivity contribution in [3.63, 3.8) is 0 Å². The topological polar surface area (TPSA) is 32.7 Å². The van der Waals surface area contributed by atoms with Gasteiger partial charge < -0.3 is 9.84 Å². The molecule has 5 heteroatoms. The molecule has 1 aliphatic rings. The van der Waals surface area contributed by atoms with Gasteiger partial charge in [0.05, 0.1) is 18.8 Å². The number of rotatable bonds is 4. The van der Waals surface area contributed by atoms with Gasteiger partial charge in [-0.05, 0) is 24.2 Å². The van der Waals surface area contributed by atoms with E-state index < -0.39 is 6.10 Å². The lowest BCUT2D eigenvalue weighted by atomic mass is 10.0. The maximum atomic E-state index is 13.7. The van der Waals surface area contributed by atoms with Crippen LogP contribution in [-0.4, -0.2) is 48.5 Å². The first-order chi connectivity index (χ1) is 9.10. The van der Waals surface area contributed by atoms with E-state index in [1.165, 1.54) is 6.07 Å². The lowest BCUT2D eigenvalue weighted by molar-refractivity contribution is -0.0869. The molecule has 1 N–H and O–H groups in total. The van der Waals surface area contributed by atoms with E-state index in [1.54, 1.807) is 12.1 Å². The molecule has 3 nitrogen and oxygen atoms in total. The zero-order chi connectivity index (χ0) is 13.8. The van der Waals surface area contributed by atoms with Gasteiger partial charge in [0.15, 0.2) is 0 Å². The molecule has 0 aromatic heterocycles. The Kier molecular flexibility index (Phi) is 5.33. The van der Waals surface area contributed by atoms with Crippen LogP contribution < -0.4 is 0 Å². The Labute approximate surface area is 121 Å². The Hall–Kier alpha value is -0.490. The molecule has 0 radical (unpaired) electrons. The minimum absolute atomic E-state index is 0.239. The van der Waals surface area contributed by atoms with Crippen molar-refractivity contribution in [3.8, 4) is 0 Å². The van der Waals surface area contributed by atoms with Crippen LogP contribution >= 0.6 is 15.9 Å². The summed E-state index contributed by atoms with van der Waals surface area (Å²) in [5.74, 6) is -0.295. The van der Waals surface area contributed by atoms with Crippen LogP contribution in [0.2, 0.25) is 0 Å². The number of aliphatic hydroxyl groups excluding tert-OH is 1. The number of likely N-dealkylation sites (N-methyl/N-ethyl adjacent to an activating group) is 1. The summed E-state index contributed by atoms with van der Waals surface area (Å²) in [6.07, 6.45) is -0.636. The van der Waals surface area contributed by atoms with Crippen molar-refractivity contribution in [1.82, 2.24) is 4.90 Å². The van der Waals surface area contributed by atoms with Crippen LogP contribution in [0.1, 0.15) is 12.5 Å². The third-order valence-electron chi connectivity index (χ3n) is 3.50. The van der Waals surface area contributed by atoms with Gasteiger partial charge in [-0.2, -0.15) is 0 Å². The molecular weight excluding hydrogens is 313 g/mol. The Morgan fingerprint density at radius 1 is 1.58 bits per heavy atom. The van der Waals surface area contributed by atoms with Crippen molar-refractivity contribution in [2.75, 3.05) is 26.2 Å². The average Bonchev–Trinajstić information content (AvgIpc) is 2.42. The highest BCUT2D eigenvalue weighted by Gasteiger charge is 2.26. The summed E-state index contributed by atoms with van der Waals surface area (Å²) in [5.41, 5.74) is 0.521. The van der Waals surface area contributed by atoms with Crippen molar-refractivity contribution in [1.29, 1.82) is 0 Å². The fraction of sp³-hybridized carbons (Fsp3) is 0.571. The van der Waals surface area contributed by atoms with Gasteiger partial charge in [0, 0.05) is 24.0 Å². The van der Waals surface area contributed by atoms with Gasteiger partial charge in [0.25, 0.3) is 0 Å². The molecule has 1 heterocycles. The van der Waals surface area contributed by atoms with Crippen molar-refractivity contribution in [3.05, 3.63) is 34.1 Å². The summed E-state index contributed by atoms with van der Waals surface area (Å²) in [7, 11) is 0. The van der Waals surface area contributed by atoms with Crippen LogP contribution in [0.15, 0.2) is 22.7 Å². The number of hydrogen-bond donors (Lipinski definition) is 1. The minimum Gasteiger partial charge on any atom is -0.390 e. The molecule has 2 atom stereocenters. The Morgan fingerprint density at radius 3 is 3.05 bits per heavy atom. The highest BCUT2D eigenvalue weighted by atomic mass is 79.9. The molecule has 1 fully saturated rings. The van der Waals surface area contributed by atoms with Crippen molar-refractivity contribution in [2.24, 2.45) is 0 Å². The normalized spacial score (nSPS) is 22.4. The van der Waals surface area contributed by atoms with Gasteiger partial charge in [-0.1, -0.05) is 28.9 Å². The summed E-state index contributed by atoms with van der Waals surface area (Å²) in [4.78, 5) is 2.23. The summed E-state index contributed by atoms with van der Waals surface area (Å²) in [6.45, 7) is 5.25. The van der Waals surface area contributed by atoms with E-state index in [2.05, 4.69) is 27.8 Å². The largest absolute Gasteiger partial charge is 0.390 e. The SMILES string of the molecule is CCN1CCOC(C(O)Cc2ccc(Br)cc2F)C1. The number of aliphatic hydroxyl groups is 1. The average molecular weight is 332 g/mol. The molecule has 2 rings (SSSR count). The molecule has 0 amide bonds. The summed E-state index contributed by atoms with van der Waals surface area (Å²) >= 11 is 3.22. The Bertz CT molecular complexity index is 430. The third-order valence-corrected chi connectivity index (χ3v) is 3.99. The van der Waals surface area contributed by atoms with Gasteiger partial charge in [-0.25, -0.2) is 4.39 Å². The molecule has 1 aliphatic heterocycles. The number of morpholine rings is 1. The maximum absolute atomic E-state index is 13.7. The van der Waals surface area contributed by atoms with Gasteiger partial charge in [0.1, 0.15) is 5.82 Å².